The first kappa shape index (κ1) is 20.6. The van der Waals surface area contributed by atoms with Gasteiger partial charge in [0.05, 0.1) is 15.5 Å². The van der Waals surface area contributed by atoms with Crippen molar-refractivity contribution < 1.29 is 22.8 Å². The number of ether oxygens (including phenoxy) is 1. The van der Waals surface area contributed by atoms with Crippen molar-refractivity contribution in [2.75, 3.05) is 11.3 Å². The number of rotatable bonds is 6. The van der Waals surface area contributed by atoms with Crippen molar-refractivity contribution in [3.63, 3.8) is 0 Å². The van der Waals surface area contributed by atoms with Crippen LogP contribution in [0.2, 0.25) is 5.02 Å². The van der Waals surface area contributed by atoms with E-state index in [9.17, 15) is 13.2 Å². The number of hydroxylamine groups is 1. The van der Waals surface area contributed by atoms with Crippen molar-refractivity contribution in [1.29, 1.82) is 0 Å². The zero-order chi connectivity index (χ0) is 20.1. The second kappa shape index (κ2) is 8.91. The van der Waals surface area contributed by atoms with E-state index in [-0.39, 0.29) is 15.5 Å². The molecule has 28 heavy (non-hydrogen) atoms. The lowest BCUT2D eigenvalue weighted by molar-refractivity contribution is -0.186. The molecule has 1 saturated heterocycles. The Hall–Kier alpha value is -2.13. The van der Waals surface area contributed by atoms with Gasteiger partial charge in [-0.1, -0.05) is 23.7 Å². The number of hydrogen-bond acceptors (Lipinski definition) is 5. The van der Waals surface area contributed by atoms with Gasteiger partial charge in [-0.15, -0.1) is 0 Å². The van der Waals surface area contributed by atoms with Crippen LogP contribution in [-0.2, 0) is 19.6 Å². The quantitative estimate of drug-likeness (QED) is 0.690. The van der Waals surface area contributed by atoms with Gasteiger partial charge in [0.1, 0.15) is 0 Å². The smallest absolute Gasteiger partial charge is 0.276 e. The van der Waals surface area contributed by atoms with Gasteiger partial charge in [0.2, 0.25) is 0 Å². The molecule has 150 valence electrons. The molecule has 1 atom stereocenters. The molecule has 9 heteroatoms. The van der Waals surface area contributed by atoms with E-state index in [1.165, 1.54) is 18.2 Å². The highest BCUT2D eigenvalue weighted by Gasteiger charge is 2.21. The minimum atomic E-state index is -3.89. The fourth-order valence-electron chi connectivity index (χ4n) is 2.75. The van der Waals surface area contributed by atoms with E-state index in [0.29, 0.717) is 18.7 Å². The summed E-state index contributed by atoms with van der Waals surface area (Å²) in [6, 6.07) is 10.9. The summed E-state index contributed by atoms with van der Waals surface area (Å²) in [5.41, 5.74) is 3.62. The summed E-state index contributed by atoms with van der Waals surface area (Å²) in [4.78, 5) is 17.6. The monoisotopic (exact) mass is 424 g/mol. The first-order valence-electron chi connectivity index (χ1n) is 8.82. The summed E-state index contributed by atoms with van der Waals surface area (Å²) in [6.45, 7) is 2.43. The van der Waals surface area contributed by atoms with Crippen molar-refractivity contribution >= 4 is 33.2 Å². The minimum Gasteiger partial charge on any atom is -0.350 e. The fraction of sp³-hybridized carbons (Fsp3) is 0.316. The van der Waals surface area contributed by atoms with Crippen LogP contribution in [0, 0.1) is 6.92 Å². The SMILES string of the molecule is Cc1cccc(NS(=O)(=O)c2ccc(Cl)c(C(=O)NOC3CCCCO3)c2)c1. The van der Waals surface area contributed by atoms with E-state index in [1.54, 1.807) is 18.2 Å². The number of halogens is 1. The van der Waals surface area contributed by atoms with Gasteiger partial charge in [-0.05, 0) is 55.7 Å². The van der Waals surface area contributed by atoms with Crippen LogP contribution >= 0.6 is 11.6 Å². The Balaban J connectivity index is 1.75. The van der Waals surface area contributed by atoms with Gasteiger partial charge >= 0.3 is 0 Å². The maximum Gasteiger partial charge on any atom is 0.276 e. The molecule has 7 nitrogen and oxygen atoms in total. The molecule has 3 rings (SSSR count). The average Bonchev–Trinajstić information content (AvgIpc) is 2.67. The van der Waals surface area contributed by atoms with E-state index in [1.807, 2.05) is 13.0 Å². The van der Waals surface area contributed by atoms with E-state index < -0.39 is 22.2 Å². The molecule has 2 aromatic carbocycles. The number of carbonyl (C=O) groups is 1. The Morgan fingerprint density at radius 2 is 2.04 bits per heavy atom. The van der Waals surface area contributed by atoms with Gasteiger partial charge < -0.3 is 4.74 Å². The average molecular weight is 425 g/mol. The number of carbonyl (C=O) groups excluding carboxylic acids is 1. The van der Waals surface area contributed by atoms with Gasteiger partial charge in [-0.3, -0.25) is 9.52 Å². The second-order valence-corrected chi connectivity index (χ2v) is 8.55. The lowest BCUT2D eigenvalue weighted by Crippen LogP contribution is -2.33. The van der Waals surface area contributed by atoms with Crippen LogP contribution in [0.5, 0.6) is 0 Å². The van der Waals surface area contributed by atoms with Gasteiger partial charge in [-0.2, -0.15) is 0 Å². The summed E-state index contributed by atoms with van der Waals surface area (Å²) in [6.07, 6.45) is 2.04. The van der Waals surface area contributed by atoms with Crippen molar-refractivity contribution in [3.05, 3.63) is 58.6 Å². The van der Waals surface area contributed by atoms with Crippen LogP contribution < -0.4 is 10.2 Å². The maximum absolute atomic E-state index is 12.7. The topological polar surface area (TPSA) is 93.7 Å². The molecule has 1 amide bonds. The van der Waals surface area contributed by atoms with E-state index in [4.69, 9.17) is 21.2 Å². The number of hydrogen-bond donors (Lipinski definition) is 2. The molecule has 1 fully saturated rings. The molecule has 0 bridgehead atoms. The molecule has 0 radical (unpaired) electrons. The summed E-state index contributed by atoms with van der Waals surface area (Å²) in [5, 5.41) is 0.111. The lowest BCUT2D eigenvalue weighted by Gasteiger charge is -2.22. The van der Waals surface area contributed by atoms with Gasteiger partial charge in [0, 0.05) is 18.7 Å². The molecule has 1 heterocycles. The highest BCUT2D eigenvalue weighted by atomic mass is 35.5. The summed E-state index contributed by atoms with van der Waals surface area (Å²) in [7, 11) is -3.89. The first-order valence-corrected chi connectivity index (χ1v) is 10.7. The van der Waals surface area contributed by atoms with Gasteiger partial charge in [-0.25, -0.2) is 18.7 Å². The zero-order valence-electron chi connectivity index (χ0n) is 15.3. The second-order valence-electron chi connectivity index (χ2n) is 6.46. The Morgan fingerprint density at radius 3 is 2.75 bits per heavy atom. The van der Waals surface area contributed by atoms with Crippen LogP contribution in [0.4, 0.5) is 5.69 Å². The number of sulfonamides is 1. The number of aryl methyl sites for hydroxylation is 1. The fourth-order valence-corrected chi connectivity index (χ4v) is 4.03. The predicted molar refractivity (Wildman–Crippen MR) is 106 cm³/mol. The maximum atomic E-state index is 12.7. The number of amides is 1. The minimum absolute atomic E-state index is 0.00964. The normalized spacial score (nSPS) is 17.1. The van der Waals surface area contributed by atoms with Crippen LogP contribution in [-0.4, -0.2) is 27.2 Å². The molecule has 0 aromatic heterocycles. The number of anilines is 1. The third kappa shape index (κ3) is 5.23. The molecule has 2 aromatic rings. The molecule has 1 unspecified atom stereocenters. The van der Waals surface area contributed by atoms with E-state index in [0.717, 1.165) is 18.4 Å². The molecule has 1 aliphatic heterocycles. The van der Waals surface area contributed by atoms with Crippen molar-refractivity contribution in [3.8, 4) is 0 Å². The summed E-state index contributed by atoms with van der Waals surface area (Å²) < 4.78 is 33.2. The summed E-state index contributed by atoms with van der Waals surface area (Å²) >= 11 is 6.08. The third-order valence-electron chi connectivity index (χ3n) is 4.18. The Morgan fingerprint density at radius 1 is 1.21 bits per heavy atom. The van der Waals surface area contributed by atoms with Crippen LogP contribution in [0.1, 0.15) is 35.2 Å². The van der Waals surface area contributed by atoms with Crippen molar-refractivity contribution in [2.24, 2.45) is 0 Å². The van der Waals surface area contributed by atoms with Gasteiger partial charge in [0.15, 0.2) is 6.29 Å². The number of benzene rings is 2. The van der Waals surface area contributed by atoms with Crippen LogP contribution in [0.3, 0.4) is 0 Å². The molecular formula is C19H21ClN2O5S. The Labute approximate surface area is 169 Å². The molecule has 0 aliphatic carbocycles. The van der Waals surface area contributed by atoms with Crippen molar-refractivity contribution in [2.45, 2.75) is 37.4 Å². The van der Waals surface area contributed by atoms with Crippen LogP contribution in [0.15, 0.2) is 47.4 Å². The predicted octanol–water partition coefficient (Wildman–Crippen LogP) is 3.64. The summed E-state index contributed by atoms with van der Waals surface area (Å²) in [5.74, 6) is -0.647. The number of nitrogens with one attached hydrogen (secondary N) is 2. The molecule has 1 aliphatic rings. The highest BCUT2D eigenvalue weighted by molar-refractivity contribution is 7.92. The lowest BCUT2D eigenvalue weighted by atomic mass is 10.2. The molecule has 0 saturated carbocycles. The Kier molecular flexibility index (Phi) is 6.56. The van der Waals surface area contributed by atoms with E-state index >= 15 is 0 Å². The third-order valence-corrected chi connectivity index (χ3v) is 5.89. The highest BCUT2D eigenvalue weighted by Crippen LogP contribution is 2.23. The zero-order valence-corrected chi connectivity index (χ0v) is 16.8. The molecule has 2 N–H and O–H groups in total. The Bertz CT molecular complexity index is 959. The van der Waals surface area contributed by atoms with E-state index in [2.05, 4.69) is 10.2 Å². The largest absolute Gasteiger partial charge is 0.350 e. The standard InChI is InChI=1S/C19H21ClN2O5S/c1-13-5-4-6-14(11-13)22-28(24,25)15-8-9-17(20)16(12-15)19(23)21-27-18-7-2-3-10-26-18/h4-6,8-9,11-12,18,22H,2-3,7,10H2,1H3,(H,21,23). The van der Waals surface area contributed by atoms with Crippen molar-refractivity contribution in [1.82, 2.24) is 5.48 Å². The van der Waals surface area contributed by atoms with Gasteiger partial charge in [0.25, 0.3) is 15.9 Å². The molecule has 0 spiro atoms. The van der Waals surface area contributed by atoms with Crippen LogP contribution in [0.25, 0.3) is 0 Å². The molecular weight excluding hydrogens is 404 g/mol. The first-order chi connectivity index (χ1) is 13.3.